The normalized spacial score (nSPS) is 16.0. The number of nitrogens with two attached hydrogens (primary N) is 1. The van der Waals surface area contributed by atoms with Crippen LogP contribution in [0.25, 0.3) is 0 Å². The average Bonchev–Trinajstić information content (AvgIpc) is 2.23. The van der Waals surface area contributed by atoms with Gasteiger partial charge >= 0.3 is 0 Å². The summed E-state index contributed by atoms with van der Waals surface area (Å²) in [6.45, 7) is 6.12. The van der Waals surface area contributed by atoms with E-state index in [1.54, 1.807) is 0 Å². The van der Waals surface area contributed by atoms with Crippen molar-refractivity contribution < 1.29 is 8.42 Å². The molecule has 0 radical (unpaired) electrons. The van der Waals surface area contributed by atoms with Crippen molar-refractivity contribution in [3.8, 4) is 0 Å². The molecule has 0 aromatic heterocycles. The summed E-state index contributed by atoms with van der Waals surface area (Å²) in [5, 5.41) is 0. The van der Waals surface area contributed by atoms with Crippen molar-refractivity contribution in [1.29, 1.82) is 0 Å². The first-order chi connectivity index (χ1) is 7.45. The lowest BCUT2D eigenvalue weighted by molar-refractivity contribution is 0.482. The van der Waals surface area contributed by atoms with E-state index in [4.69, 9.17) is 5.73 Å². The van der Waals surface area contributed by atoms with E-state index in [1.165, 1.54) is 0 Å². The summed E-state index contributed by atoms with van der Waals surface area (Å²) < 4.78 is 23.7. The van der Waals surface area contributed by atoms with Crippen LogP contribution in [0.2, 0.25) is 0 Å². The molecule has 0 saturated carbocycles. The molecule has 2 unspecified atom stereocenters. The van der Waals surface area contributed by atoms with E-state index in [9.17, 15) is 8.42 Å². The van der Waals surface area contributed by atoms with Crippen LogP contribution in [0, 0.1) is 5.92 Å². The smallest absolute Gasteiger partial charge is 0.152 e. The van der Waals surface area contributed by atoms with Crippen LogP contribution >= 0.6 is 0 Å². The molecule has 3 nitrogen and oxygen atoms in total. The van der Waals surface area contributed by atoms with Gasteiger partial charge in [-0.2, -0.15) is 0 Å². The van der Waals surface area contributed by atoms with Crippen LogP contribution in [-0.2, 0) is 9.84 Å². The molecule has 0 bridgehead atoms. The summed E-state index contributed by atoms with van der Waals surface area (Å²) in [5.41, 5.74) is 5.70. The third-order valence-corrected chi connectivity index (χ3v) is 4.94. The molecule has 16 heavy (non-hydrogen) atoms. The summed E-state index contributed by atoms with van der Waals surface area (Å²) in [4.78, 5) is 0. The van der Waals surface area contributed by atoms with Crippen LogP contribution in [0.4, 0.5) is 0 Å². The first-order valence-electron chi connectivity index (χ1n) is 6.41. The third-order valence-electron chi connectivity index (χ3n) is 3.03. The van der Waals surface area contributed by atoms with Gasteiger partial charge < -0.3 is 5.73 Å². The van der Waals surface area contributed by atoms with Crippen LogP contribution in [-0.4, -0.2) is 26.0 Å². The molecule has 0 aromatic rings. The maximum atomic E-state index is 11.9. The Hall–Kier alpha value is -0.0900. The number of sulfone groups is 1. The third kappa shape index (κ3) is 7.23. The maximum Gasteiger partial charge on any atom is 0.152 e. The quantitative estimate of drug-likeness (QED) is 0.682. The van der Waals surface area contributed by atoms with E-state index in [1.807, 2.05) is 6.92 Å². The molecule has 0 heterocycles. The molecule has 0 aliphatic rings. The lowest BCUT2D eigenvalue weighted by Gasteiger charge is -2.16. The first kappa shape index (κ1) is 15.9. The largest absolute Gasteiger partial charge is 0.327 e. The Morgan fingerprint density at radius 2 is 1.69 bits per heavy atom. The number of hydrogen-bond acceptors (Lipinski definition) is 3. The van der Waals surface area contributed by atoms with Gasteiger partial charge in [0.15, 0.2) is 9.84 Å². The molecule has 2 atom stereocenters. The van der Waals surface area contributed by atoms with Crippen molar-refractivity contribution in [3.63, 3.8) is 0 Å². The van der Waals surface area contributed by atoms with Gasteiger partial charge in [-0.3, -0.25) is 0 Å². The van der Waals surface area contributed by atoms with E-state index in [0.29, 0.717) is 11.7 Å². The van der Waals surface area contributed by atoms with Crippen molar-refractivity contribution in [2.75, 3.05) is 11.5 Å². The standard InChI is InChI=1S/C12H27NO2S/c1-4-7-8-11(5-2)9-16(14,15)10-12(13)6-3/h11-12H,4-10,13H2,1-3H3. The molecular weight excluding hydrogens is 222 g/mol. The number of unbranched alkanes of at least 4 members (excludes halogenated alkanes) is 1. The zero-order valence-electron chi connectivity index (χ0n) is 10.9. The molecule has 0 aliphatic carbocycles. The summed E-state index contributed by atoms with van der Waals surface area (Å²) in [6.07, 6.45) is 4.94. The molecule has 0 spiro atoms. The van der Waals surface area contributed by atoms with Gasteiger partial charge in [0, 0.05) is 6.04 Å². The van der Waals surface area contributed by atoms with Gasteiger partial charge in [-0.15, -0.1) is 0 Å². The second-order valence-electron chi connectivity index (χ2n) is 4.66. The van der Waals surface area contributed by atoms with Crippen molar-refractivity contribution in [3.05, 3.63) is 0 Å². The summed E-state index contributed by atoms with van der Waals surface area (Å²) in [5.74, 6) is 0.776. The van der Waals surface area contributed by atoms with Gasteiger partial charge in [-0.05, 0) is 18.8 Å². The molecule has 0 saturated heterocycles. The summed E-state index contributed by atoms with van der Waals surface area (Å²) in [6, 6.07) is -0.200. The lowest BCUT2D eigenvalue weighted by atomic mass is 10.0. The van der Waals surface area contributed by atoms with Crippen molar-refractivity contribution in [2.24, 2.45) is 11.7 Å². The number of hydrogen-bond donors (Lipinski definition) is 1. The second kappa shape index (κ2) is 8.07. The zero-order valence-corrected chi connectivity index (χ0v) is 11.7. The lowest BCUT2D eigenvalue weighted by Crippen LogP contribution is -2.31. The summed E-state index contributed by atoms with van der Waals surface area (Å²) in [7, 11) is -2.96. The molecule has 0 aromatic carbocycles. The minimum atomic E-state index is -2.96. The second-order valence-corrected chi connectivity index (χ2v) is 6.82. The molecule has 4 heteroatoms. The van der Waals surface area contributed by atoms with Gasteiger partial charge in [-0.25, -0.2) is 8.42 Å². The molecule has 0 amide bonds. The molecule has 0 aliphatic heterocycles. The van der Waals surface area contributed by atoms with Crippen LogP contribution < -0.4 is 5.73 Å². The zero-order chi connectivity index (χ0) is 12.6. The van der Waals surface area contributed by atoms with E-state index in [2.05, 4.69) is 13.8 Å². The van der Waals surface area contributed by atoms with Gasteiger partial charge in [0.25, 0.3) is 0 Å². The van der Waals surface area contributed by atoms with Crippen molar-refractivity contribution >= 4 is 9.84 Å². The van der Waals surface area contributed by atoms with Crippen LogP contribution in [0.15, 0.2) is 0 Å². The van der Waals surface area contributed by atoms with Gasteiger partial charge in [0.05, 0.1) is 11.5 Å². The highest BCUT2D eigenvalue weighted by molar-refractivity contribution is 7.91. The minimum Gasteiger partial charge on any atom is -0.327 e. The molecule has 0 fully saturated rings. The Morgan fingerprint density at radius 1 is 1.06 bits per heavy atom. The van der Waals surface area contributed by atoms with E-state index >= 15 is 0 Å². The van der Waals surface area contributed by atoms with Gasteiger partial charge in [0.2, 0.25) is 0 Å². The van der Waals surface area contributed by atoms with Crippen molar-refractivity contribution in [1.82, 2.24) is 0 Å². The SMILES string of the molecule is CCCCC(CC)CS(=O)(=O)CC(N)CC. The Labute approximate surface area is 101 Å². The molecule has 98 valence electrons. The average molecular weight is 249 g/mol. The summed E-state index contributed by atoms with van der Waals surface area (Å²) >= 11 is 0. The van der Waals surface area contributed by atoms with E-state index < -0.39 is 9.84 Å². The van der Waals surface area contributed by atoms with Crippen molar-refractivity contribution in [2.45, 2.75) is 58.9 Å². The van der Waals surface area contributed by atoms with Gasteiger partial charge in [0.1, 0.15) is 0 Å². The fraction of sp³-hybridized carbons (Fsp3) is 1.00. The highest BCUT2D eigenvalue weighted by atomic mass is 32.2. The predicted molar refractivity (Wildman–Crippen MR) is 70.2 cm³/mol. The highest BCUT2D eigenvalue weighted by Crippen LogP contribution is 2.15. The topological polar surface area (TPSA) is 60.2 Å². The fourth-order valence-corrected chi connectivity index (χ4v) is 3.91. The van der Waals surface area contributed by atoms with E-state index in [0.717, 1.165) is 32.1 Å². The van der Waals surface area contributed by atoms with Crippen LogP contribution in [0.5, 0.6) is 0 Å². The molecule has 2 N–H and O–H groups in total. The Balaban J connectivity index is 4.20. The molecule has 0 rings (SSSR count). The predicted octanol–water partition coefficient (Wildman–Crippen LogP) is 2.35. The minimum absolute atomic E-state index is 0.145. The Morgan fingerprint density at radius 3 is 2.12 bits per heavy atom. The Bertz CT molecular complexity index is 262. The number of rotatable bonds is 9. The maximum absolute atomic E-state index is 11.9. The highest BCUT2D eigenvalue weighted by Gasteiger charge is 2.19. The first-order valence-corrected chi connectivity index (χ1v) is 8.23. The van der Waals surface area contributed by atoms with Gasteiger partial charge in [-0.1, -0.05) is 40.0 Å². The molecular formula is C12H27NO2S. The van der Waals surface area contributed by atoms with Crippen LogP contribution in [0.1, 0.15) is 52.9 Å². The van der Waals surface area contributed by atoms with E-state index in [-0.39, 0.29) is 11.8 Å². The van der Waals surface area contributed by atoms with Crippen LogP contribution in [0.3, 0.4) is 0 Å². The monoisotopic (exact) mass is 249 g/mol. The Kier molecular flexibility index (Phi) is 8.02. The fourth-order valence-electron chi connectivity index (χ4n) is 1.77.